The molecule has 0 unspecified atom stereocenters. The molecule has 1 aromatic rings. The number of carbonyl (C=O) groups is 2. The van der Waals surface area contributed by atoms with Gasteiger partial charge in [0.2, 0.25) is 0 Å². The summed E-state index contributed by atoms with van der Waals surface area (Å²) in [4.78, 5) is 24.3. The van der Waals surface area contributed by atoms with Gasteiger partial charge >= 0.3 is 5.97 Å². The molecule has 4 bridgehead atoms. The number of nitrogens with one attached hydrogen (secondary N) is 1. The lowest BCUT2D eigenvalue weighted by Crippen LogP contribution is -2.51. The molecular weight excluding hydrogens is 394 g/mol. The standard InChI is InChI=1S/C25H33NO5/c1-3-4-17-5-6-21(22(10-17)29-2)30-15-24(28)31-14-23(27)26-16-25-11-18-7-19(12-25)9-20(8-18)13-25/h3,5-6,10,18-20H,1,4,7-9,11-16H2,2H3,(H,26,27). The lowest BCUT2D eigenvalue weighted by molar-refractivity contribution is -0.150. The Morgan fingerprint density at radius 2 is 1.77 bits per heavy atom. The zero-order chi connectivity index (χ0) is 21.8. The molecule has 0 heterocycles. The summed E-state index contributed by atoms with van der Waals surface area (Å²) < 4.78 is 15.9. The molecule has 31 heavy (non-hydrogen) atoms. The number of hydrogen-bond donors (Lipinski definition) is 1. The molecule has 4 saturated carbocycles. The first-order chi connectivity index (χ1) is 15.0. The Labute approximate surface area is 184 Å². The number of rotatable bonds is 10. The maximum Gasteiger partial charge on any atom is 0.344 e. The summed E-state index contributed by atoms with van der Waals surface area (Å²) in [5, 5.41) is 3.02. The van der Waals surface area contributed by atoms with Gasteiger partial charge in [0.05, 0.1) is 7.11 Å². The van der Waals surface area contributed by atoms with Crippen LogP contribution in [0, 0.1) is 23.2 Å². The second-order valence-electron chi connectivity index (χ2n) is 9.62. The average Bonchev–Trinajstić information content (AvgIpc) is 2.74. The highest BCUT2D eigenvalue weighted by atomic mass is 16.6. The van der Waals surface area contributed by atoms with Crippen molar-refractivity contribution in [2.45, 2.75) is 44.9 Å². The Hall–Kier alpha value is -2.50. The van der Waals surface area contributed by atoms with Gasteiger partial charge < -0.3 is 19.5 Å². The number of hydrogen-bond acceptors (Lipinski definition) is 5. The Morgan fingerprint density at radius 3 is 2.39 bits per heavy atom. The smallest absolute Gasteiger partial charge is 0.344 e. The van der Waals surface area contributed by atoms with Crippen molar-refractivity contribution in [2.24, 2.45) is 23.2 Å². The second kappa shape index (κ2) is 9.33. The van der Waals surface area contributed by atoms with Crippen LogP contribution in [0.15, 0.2) is 30.9 Å². The summed E-state index contributed by atoms with van der Waals surface area (Å²) >= 11 is 0. The number of allylic oxidation sites excluding steroid dienone is 1. The van der Waals surface area contributed by atoms with E-state index >= 15 is 0 Å². The van der Waals surface area contributed by atoms with Crippen LogP contribution in [0.2, 0.25) is 0 Å². The van der Waals surface area contributed by atoms with Gasteiger partial charge in [-0.05, 0) is 85.8 Å². The van der Waals surface area contributed by atoms with Gasteiger partial charge in [-0.2, -0.15) is 0 Å². The van der Waals surface area contributed by atoms with Crippen LogP contribution in [-0.2, 0) is 20.7 Å². The zero-order valence-electron chi connectivity index (χ0n) is 18.4. The fraction of sp³-hybridized carbons (Fsp3) is 0.600. The monoisotopic (exact) mass is 427 g/mol. The van der Waals surface area contributed by atoms with Crippen molar-refractivity contribution in [3.63, 3.8) is 0 Å². The third-order valence-corrected chi connectivity index (χ3v) is 7.14. The molecule has 4 fully saturated rings. The first-order valence-electron chi connectivity index (χ1n) is 11.3. The van der Waals surface area contributed by atoms with Crippen molar-refractivity contribution in [1.82, 2.24) is 5.32 Å². The van der Waals surface area contributed by atoms with Crippen LogP contribution in [-0.4, -0.2) is 38.7 Å². The first-order valence-corrected chi connectivity index (χ1v) is 11.3. The second-order valence-corrected chi connectivity index (χ2v) is 9.62. The molecule has 168 valence electrons. The molecule has 0 saturated heterocycles. The van der Waals surface area contributed by atoms with Crippen LogP contribution in [0.25, 0.3) is 0 Å². The molecule has 0 atom stereocenters. The van der Waals surface area contributed by atoms with Gasteiger partial charge in [-0.1, -0.05) is 12.1 Å². The van der Waals surface area contributed by atoms with Crippen LogP contribution in [0.3, 0.4) is 0 Å². The Balaban J connectivity index is 1.19. The highest BCUT2D eigenvalue weighted by molar-refractivity contribution is 5.81. The summed E-state index contributed by atoms with van der Waals surface area (Å²) in [5.41, 5.74) is 1.31. The molecule has 1 N–H and O–H groups in total. The summed E-state index contributed by atoms with van der Waals surface area (Å²) in [6.45, 7) is 3.88. The normalized spacial score (nSPS) is 28.1. The van der Waals surface area contributed by atoms with E-state index in [0.29, 0.717) is 18.0 Å². The van der Waals surface area contributed by atoms with E-state index in [0.717, 1.165) is 29.7 Å². The fourth-order valence-corrected chi connectivity index (χ4v) is 6.29. The molecule has 0 radical (unpaired) electrons. The summed E-state index contributed by atoms with van der Waals surface area (Å²) in [6.07, 6.45) is 10.4. The highest BCUT2D eigenvalue weighted by Crippen LogP contribution is 2.59. The number of esters is 1. The fourth-order valence-electron chi connectivity index (χ4n) is 6.29. The van der Waals surface area contributed by atoms with Gasteiger partial charge in [0.15, 0.2) is 24.7 Å². The van der Waals surface area contributed by atoms with Crippen LogP contribution in [0.1, 0.15) is 44.1 Å². The largest absolute Gasteiger partial charge is 0.493 e. The Kier molecular flexibility index (Phi) is 6.54. The number of carbonyl (C=O) groups excluding carboxylic acids is 2. The topological polar surface area (TPSA) is 73.9 Å². The van der Waals surface area contributed by atoms with Crippen molar-refractivity contribution >= 4 is 11.9 Å². The van der Waals surface area contributed by atoms with Crippen LogP contribution < -0.4 is 14.8 Å². The summed E-state index contributed by atoms with van der Waals surface area (Å²) in [7, 11) is 1.55. The van der Waals surface area contributed by atoms with E-state index in [-0.39, 0.29) is 24.5 Å². The van der Waals surface area contributed by atoms with E-state index < -0.39 is 5.97 Å². The highest BCUT2D eigenvalue weighted by Gasteiger charge is 2.50. The quantitative estimate of drug-likeness (QED) is 0.455. The predicted octanol–water partition coefficient (Wildman–Crippen LogP) is 3.68. The minimum atomic E-state index is -0.581. The minimum absolute atomic E-state index is 0.240. The summed E-state index contributed by atoms with van der Waals surface area (Å²) in [6, 6.07) is 5.49. The molecule has 1 aromatic carbocycles. The average molecular weight is 428 g/mol. The Bertz CT molecular complexity index is 798. The molecule has 4 aliphatic carbocycles. The molecule has 0 aromatic heterocycles. The van der Waals surface area contributed by atoms with Gasteiger partial charge in [-0.25, -0.2) is 4.79 Å². The van der Waals surface area contributed by atoms with E-state index in [1.807, 2.05) is 12.1 Å². The lowest BCUT2D eigenvalue weighted by atomic mass is 9.49. The van der Waals surface area contributed by atoms with Crippen LogP contribution in [0.5, 0.6) is 11.5 Å². The van der Waals surface area contributed by atoms with Gasteiger partial charge in [0.25, 0.3) is 5.91 Å². The third-order valence-electron chi connectivity index (χ3n) is 7.14. The van der Waals surface area contributed by atoms with Crippen molar-refractivity contribution in [1.29, 1.82) is 0 Å². The third kappa shape index (κ3) is 5.23. The predicted molar refractivity (Wildman–Crippen MR) is 117 cm³/mol. The van der Waals surface area contributed by atoms with E-state index in [1.165, 1.54) is 38.5 Å². The Morgan fingerprint density at radius 1 is 1.10 bits per heavy atom. The van der Waals surface area contributed by atoms with E-state index in [4.69, 9.17) is 14.2 Å². The van der Waals surface area contributed by atoms with Crippen LogP contribution in [0.4, 0.5) is 0 Å². The van der Waals surface area contributed by atoms with Gasteiger partial charge in [0, 0.05) is 6.54 Å². The first kappa shape index (κ1) is 21.7. The SMILES string of the molecule is C=CCc1ccc(OCC(=O)OCC(=O)NCC23CC4CC(CC(C4)C2)C3)c(OC)c1. The minimum Gasteiger partial charge on any atom is -0.493 e. The van der Waals surface area contributed by atoms with Crippen molar-refractivity contribution in [3.8, 4) is 11.5 Å². The number of ether oxygens (including phenoxy) is 3. The molecular formula is C25H33NO5. The molecule has 6 nitrogen and oxygen atoms in total. The van der Waals surface area contributed by atoms with E-state index in [9.17, 15) is 9.59 Å². The zero-order valence-corrected chi connectivity index (χ0v) is 18.4. The van der Waals surface area contributed by atoms with Crippen LogP contribution >= 0.6 is 0 Å². The van der Waals surface area contributed by atoms with Gasteiger partial charge in [0.1, 0.15) is 0 Å². The maximum absolute atomic E-state index is 12.3. The molecule has 0 spiro atoms. The molecule has 5 rings (SSSR count). The maximum atomic E-state index is 12.3. The van der Waals surface area contributed by atoms with E-state index in [1.54, 1.807) is 19.3 Å². The number of methoxy groups -OCH3 is 1. The van der Waals surface area contributed by atoms with Crippen molar-refractivity contribution in [2.75, 3.05) is 26.9 Å². The molecule has 6 heteroatoms. The number of amides is 1. The number of benzene rings is 1. The molecule has 0 aliphatic heterocycles. The lowest BCUT2D eigenvalue weighted by Gasteiger charge is -2.56. The van der Waals surface area contributed by atoms with Crippen molar-refractivity contribution in [3.05, 3.63) is 36.4 Å². The van der Waals surface area contributed by atoms with Gasteiger partial charge in [-0.3, -0.25) is 4.79 Å². The van der Waals surface area contributed by atoms with Gasteiger partial charge in [-0.15, -0.1) is 6.58 Å². The van der Waals surface area contributed by atoms with Crippen molar-refractivity contribution < 1.29 is 23.8 Å². The molecule has 1 amide bonds. The molecule has 4 aliphatic rings. The summed E-state index contributed by atoms with van der Waals surface area (Å²) in [5.74, 6) is 2.72. The van der Waals surface area contributed by atoms with E-state index in [2.05, 4.69) is 11.9 Å².